The zero-order valence-corrected chi connectivity index (χ0v) is 12.0. The van der Waals surface area contributed by atoms with E-state index >= 15 is 0 Å². The molecule has 1 aromatic heterocycles. The summed E-state index contributed by atoms with van der Waals surface area (Å²) in [6.45, 7) is 2.84. The van der Waals surface area contributed by atoms with E-state index in [9.17, 15) is 0 Å². The van der Waals surface area contributed by atoms with Crippen molar-refractivity contribution in [3.05, 3.63) is 23.8 Å². The summed E-state index contributed by atoms with van der Waals surface area (Å²) < 4.78 is 0. The van der Waals surface area contributed by atoms with E-state index in [1.807, 2.05) is 19.3 Å². The molecule has 1 N–H and O–H groups in total. The second-order valence-corrected chi connectivity index (χ2v) is 6.51. The fraction of sp³-hybridized carbons (Fsp3) is 0.750. The van der Waals surface area contributed by atoms with Crippen molar-refractivity contribution in [3.8, 4) is 0 Å². The highest BCUT2D eigenvalue weighted by atomic mass is 14.9. The van der Waals surface area contributed by atoms with Crippen LogP contribution in [0.2, 0.25) is 0 Å². The molecule has 1 aromatic rings. The minimum Gasteiger partial charge on any atom is -0.308 e. The fourth-order valence-electron chi connectivity index (χ4n) is 3.82. The molecule has 3 nitrogen and oxygen atoms in total. The van der Waals surface area contributed by atoms with Crippen LogP contribution in [0.5, 0.6) is 0 Å². The van der Waals surface area contributed by atoms with E-state index in [-0.39, 0.29) is 0 Å². The molecule has 0 aliphatic heterocycles. The molecular formula is C16H25N3. The second-order valence-electron chi connectivity index (χ2n) is 6.51. The lowest BCUT2D eigenvalue weighted by molar-refractivity contribution is 0.168. The molecule has 19 heavy (non-hydrogen) atoms. The van der Waals surface area contributed by atoms with Gasteiger partial charge in [-0.15, -0.1) is 0 Å². The van der Waals surface area contributed by atoms with Gasteiger partial charge in [0.2, 0.25) is 0 Å². The maximum absolute atomic E-state index is 4.41. The zero-order chi connectivity index (χ0) is 13.1. The summed E-state index contributed by atoms with van der Waals surface area (Å²) in [6.07, 6.45) is 15.2. The van der Waals surface area contributed by atoms with Crippen LogP contribution in [0.3, 0.4) is 0 Å². The summed E-state index contributed by atoms with van der Waals surface area (Å²) in [5.41, 5.74) is 2.79. The van der Waals surface area contributed by atoms with Gasteiger partial charge < -0.3 is 5.32 Å². The average molecular weight is 259 g/mol. The standard InChI is InChI=1S/C16H25N3/c1-13-10-18-15(11-17-13)12-19-14-4-8-16(9-5-14)6-2-3-7-16/h10-11,14,19H,2-9,12H2,1H3. The second kappa shape index (κ2) is 5.58. The molecule has 0 bridgehead atoms. The third-order valence-electron chi connectivity index (χ3n) is 5.12. The van der Waals surface area contributed by atoms with Crippen LogP contribution in [0.1, 0.15) is 62.8 Å². The third kappa shape index (κ3) is 3.14. The van der Waals surface area contributed by atoms with Crippen LogP contribution in [0.15, 0.2) is 12.4 Å². The van der Waals surface area contributed by atoms with Gasteiger partial charge in [-0.05, 0) is 50.9 Å². The topological polar surface area (TPSA) is 37.8 Å². The summed E-state index contributed by atoms with van der Waals surface area (Å²) in [5, 5.41) is 3.66. The molecule has 2 fully saturated rings. The minimum atomic E-state index is 0.689. The Balaban J connectivity index is 1.46. The first kappa shape index (κ1) is 13.0. The molecule has 0 amide bonds. The first-order valence-corrected chi connectivity index (χ1v) is 7.77. The van der Waals surface area contributed by atoms with Crippen molar-refractivity contribution >= 4 is 0 Å². The Labute approximate surface area is 116 Å². The van der Waals surface area contributed by atoms with Gasteiger partial charge in [0, 0.05) is 25.0 Å². The molecule has 0 unspecified atom stereocenters. The number of rotatable bonds is 3. The van der Waals surface area contributed by atoms with Gasteiger partial charge in [0.25, 0.3) is 0 Å². The largest absolute Gasteiger partial charge is 0.308 e. The molecule has 0 aromatic carbocycles. The van der Waals surface area contributed by atoms with Gasteiger partial charge in [-0.3, -0.25) is 9.97 Å². The predicted octanol–water partition coefficient (Wildman–Crippen LogP) is 3.38. The molecule has 0 radical (unpaired) electrons. The highest BCUT2D eigenvalue weighted by Gasteiger charge is 2.37. The van der Waals surface area contributed by atoms with Gasteiger partial charge in [0.1, 0.15) is 0 Å². The Bertz CT molecular complexity index is 397. The van der Waals surface area contributed by atoms with E-state index in [4.69, 9.17) is 0 Å². The van der Waals surface area contributed by atoms with Crippen LogP contribution in [0.4, 0.5) is 0 Å². The number of aryl methyl sites for hydroxylation is 1. The predicted molar refractivity (Wildman–Crippen MR) is 76.8 cm³/mol. The lowest BCUT2D eigenvalue weighted by Gasteiger charge is -2.37. The van der Waals surface area contributed by atoms with Crippen LogP contribution in [0.25, 0.3) is 0 Å². The molecule has 0 atom stereocenters. The molecular weight excluding hydrogens is 234 g/mol. The van der Waals surface area contributed by atoms with Crippen molar-refractivity contribution < 1.29 is 0 Å². The van der Waals surface area contributed by atoms with Crippen molar-refractivity contribution in [3.63, 3.8) is 0 Å². The highest BCUT2D eigenvalue weighted by Crippen LogP contribution is 2.48. The molecule has 3 heteroatoms. The number of hydrogen-bond acceptors (Lipinski definition) is 3. The highest BCUT2D eigenvalue weighted by molar-refractivity contribution is 5.01. The molecule has 2 saturated carbocycles. The normalized spacial score (nSPS) is 23.0. The number of nitrogens with one attached hydrogen (secondary N) is 1. The van der Waals surface area contributed by atoms with E-state index in [2.05, 4.69) is 15.3 Å². The van der Waals surface area contributed by atoms with Gasteiger partial charge in [-0.25, -0.2) is 0 Å². The molecule has 0 saturated heterocycles. The molecule has 1 heterocycles. The SMILES string of the molecule is Cc1cnc(CNC2CCC3(CCCC3)CC2)cn1. The van der Waals surface area contributed by atoms with Crippen LogP contribution < -0.4 is 5.32 Å². The Morgan fingerprint density at radius 3 is 2.47 bits per heavy atom. The minimum absolute atomic E-state index is 0.689. The van der Waals surface area contributed by atoms with E-state index in [1.54, 1.807) is 0 Å². The van der Waals surface area contributed by atoms with E-state index in [1.165, 1.54) is 51.4 Å². The van der Waals surface area contributed by atoms with Gasteiger partial charge in [0.05, 0.1) is 11.4 Å². The summed E-state index contributed by atoms with van der Waals surface area (Å²) in [7, 11) is 0. The molecule has 2 aliphatic rings. The zero-order valence-electron chi connectivity index (χ0n) is 12.0. The van der Waals surface area contributed by atoms with Crippen molar-refractivity contribution in [2.45, 2.75) is 70.9 Å². The maximum Gasteiger partial charge on any atom is 0.0724 e. The lowest BCUT2D eigenvalue weighted by Crippen LogP contribution is -2.36. The average Bonchev–Trinajstić information content (AvgIpc) is 2.89. The Morgan fingerprint density at radius 2 is 1.84 bits per heavy atom. The molecule has 2 aliphatic carbocycles. The Hall–Kier alpha value is -0.960. The van der Waals surface area contributed by atoms with Crippen LogP contribution in [-0.2, 0) is 6.54 Å². The Kier molecular flexibility index (Phi) is 3.83. The van der Waals surface area contributed by atoms with E-state index in [0.29, 0.717) is 6.04 Å². The summed E-state index contributed by atoms with van der Waals surface area (Å²) in [6, 6.07) is 0.689. The Morgan fingerprint density at radius 1 is 1.11 bits per heavy atom. The monoisotopic (exact) mass is 259 g/mol. The van der Waals surface area contributed by atoms with Crippen molar-refractivity contribution in [1.29, 1.82) is 0 Å². The van der Waals surface area contributed by atoms with Crippen LogP contribution >= 0.6 is 0 Å². The molecule has 104 valence electrons. The van der Waals surface area contributed by atoms with E-state index < -0.39 is 0 Å². The molecule has 3 rings (SSSR count). The van der Waals surface area contributed by atoms with Crippen molar-refractivity contribution in [1.82, 2.24) is 15.3 Å². The van der Waals surface area contributed by atoms with Gasteiger partial charge in [0.15, 0.2) is 0 Å². The van der Waals surface area contributed by atoms with Crippen molar-refractivity contribution in [2.24, 2.45) is 5.41 Å². The van der Waals surface area contributed by atoms with Gasteiger partial charge >= 0.3 is 0 Å². The first-order chi connectivity index (χ1) is 9.26. The van der Waals surface area contributed by atoms with Crippen LogP contribution in [0, 0.1) is 12.3 Å². The fourth-order valence-corrected chi connectivity index (χ4v) is 3.82. The summed E-state index contributed by atoms with van der Waals surface area (Å²) >= 11 is 0. The van der Waals surface area contributed by atoms with E-state index in [0.717, 1.165) is 23.3 Å². The first-order valence-electron chi connectivity index (χ1n) is 7.77. The number of hydrogen-bond donors (Lipinski definition) is 1. The third-order valence-corrected chi connectivity index (χ3v) is 5.12. The van der Waals surface area contributed by atoms with Gasteiger partial charge in [-0.1, -0.05) is 12.8 Å². The smallest absolute Gasteiger partial charge is 0.0724 e. The van der Waals surface area contributed by atoms with Crippen molar-refractivity contribution in [2.75, 3.05) is 0 Å². The summed E-state index contributed by atoms with van der Waals surface area (Å²) in [5.74, 6) is 0. The lowest BCUT2D eigenvalue weighted by atomic mass is 9.71. The quantitative estimate of drug-likeness (QED) is 0.904. The van der Waals surface area contributed by atoms with Gasteiger partial charge in [-0.2, -0.15) is 0 Å². The number of aromatic nitrogens is 2. The number of nitrogens with zero attached hydrogens (tertiary/aromatic N) is 2. The maximum atomic E-state index is 4.41. The summed E-state index contributed by atoms with van der Waals surface area (Å²) in [4.78, 5) is 8.71. The molecule has 1 spiro atoms. The van der Waals surface area contributed by atoms with Crippen LogP contribution in [-0.4, -0.2) is 16.0 Å².